The van der Waals surface area contributed by atoms with E-state index in [-0.39, 0.29) is 10.8 Å². The van der Waals surface area contributed by atoms with E-state index in [0.717, 1.165) is 44.8 Å². The monoisotopic (exact) mass is 380 g/mol. The third-order valence-electron chi connectivity index (χ3n) is 4.85. The number of hydrogen-bond acceptors (Lipinski definition) is 3. The van der Waals surface area contributed by atoms with Gasteiger partial charge in [0.05, 0.1) is 6.54 Å². The van der Waals surface area contributed by atoms with Crippen LogP contribution >= 0.6 is 11.3 Å². The van der Waals surface area contributed by atoms with Gasteiger partial charge in [-0.15, -0.1) is 0 Å². The standard InChI is InChI=1S/C22H24N2O2S/c1-14-7-5-10-18(11-14)12-23-21(25)20-17(4)24(22(26)27-20)13-19-15(2)8-6-9-16(19)3/h5-11H,12-13H2,1-4H3,(H,23,25). The highest BCUT2D eigenvalue weighted by Gasteiger charge is 2.18. The van der Waals surface area contributed by atoms with Gasteiger partial charge in [-0.05, 0) is 49.9 Å². The van der Waals surface area contributed by atoms with E-state index < -0.39 is 0 Å². The summed E-state index contributed by atoms with van der Waals surface area (Å²) < 4.78 is 1.70. The van der Waals surface area contributed by atoms with Crippen molar-refractivity contribution in [2.24, 2.45) is 0 Å². The van der Waals surface area contributed by atoms with Gasteiger partial charge in [0.25, 0.3) is 5.91 Å². The zero-order chi connectivity index (χ0) is 19.6. The summed E-state index contributed by atoms with van der Waals surface area (Å²) in [6.07, 6.45) is 0. The van der Waals surface area contributed by atoms with Crippen LogP contribution < -0.4 is 10.2 Å². The molecule has 0 aliphatic heterocycles. The number of hydrogen-bond donors (Lipinski definition) is 1. The van der Waals surface area contributed by atoms with E-state index in [1.165, 1.54) is 0 Å². The maximum absolute atomic E-state index is 12.6. The van der Waals surface area contributed by atoms with Gasteiger partial charge in [0.2, 0.25) is 0 Å². The minimum atomic E-state index is -0.198. The van der Waals surface area contributed by atoms with Crippen LogP contribution in [0.2, 0.25) is 0 Å². The highest BCUT2D eigenvalue weighted by molar-refractivity contribution is 7.11. The lowest BCUT2D eigenvalue weighted by atomic mass is 10.0. The first-order valence-electron chi connectivity index (χ1n) is 8.96. The lowest BCUT2D eigenvalue weighted by Crippen LogP contribution is -2.23. The first-order chi connectivity index (χ1) is 12.9. The Morgan fingerprint density at radius 1 is 1.04 bits per heavy atom. The molecular formula is C22H24N2O2S. The highest BCUT2D eigenvalue weighted by atomic mass is 32.1. The van der Waals surface area contributed by atoms with Crippen LogP contribution in [0.3, 0.4) is 0 Å². The number of rotatable bonds is 5. The van der Waals surface area contributed by atoms with Crippen molar-refractivity contribution >= 4 is 17.2 Å². The molecule has 3 aromatic rings. The summed E-state index contributed by atoms with van der Waals surface area (Å²) in [4.78, 5) is 25.5. The van der Waals surface area contributed by atoms with Crippen LogP contribution in [0.1, 0.15) is 43.2 Å². The summed E-state index contributed by atoms with van der Waals surface area (Å²) >= 11 is 1.01. The van der Waals surface area contributed by atoms with E-state index in [9.17, 15) is 9.59 Å². The summed E-state index contributed by atoms with van der Waals surface area (Å²) in [6.45, 7) is 8.89. The largest absolute Gasteiger partial charge is 0.347 e. The minimum absolute atomic E-state index is 0.101. The Morgan fingerprint density at radius 3 is 2.37 bits per heavy atom. The molecule has 0 fully saturated rings. The van der Waals surface area contributed by atoms with Gasteiger partial charge in [-0.1, -0.05) is 59.4 Å². The summed E-state index contributed by atoms with van der Waals surface area (Å²) in [5.74, 6) is -0.198. The Morgan fingerprint density at radius 2 is 1.70 bits per heavy atom. The van der Waals surface area contributed by atoms with Gasteiger partial charge in [-0.25, -0.2) is 0 Å². The number of aryl methyl sites for hydroxylation is 3. The Balaban J connectivity index is 1.81. The lowest BCUT2D eigenvalue weighted by molar-refractivity contribution is 0.0954. The predicted octanol–water partition coefficient (Wildman–Crippen LogP) is 4.12. The SMILES string of the molecule is Cc1cccc(CNC(=O)c2sc(=O)n(Cc3c(C)cccc3C)c2C)c1. The molecule has 0 saturated carbocycles. The van der Waals surface area contributed by atoms with Crippen LogP contribution in [0.15, 0.2) is 47.3 Å². The number of amides is 1. The van der Waals surface area contributed by atoms with Crippen LogP contribution in [-0.4, -0.2) is 10.5 Å². The molecule has 0 bridgehead atoms. The third kappa shape index (κ3) is 4.19. The Labute approximate surface area is 163 Å². The minimum Gasteiger partial charge on any atom is -0.347 e. The smallest absolute Gasteiger partial charge is 0.308 e. The van der Waals surface area contributed by atoms with Crippen molar-refractivity contribution in [1.29, 1.82) is 0 Å². The number of aromatic nitrogens is 1. The molecule has 27 heavy (non-hydrogen) atoms. The van der Waals surface area contributed by atoms with Crippen molar-refractivity contribution in [3.8, 4) is 0 Å². The Bertz CT molecular complexity index is 1030. The van der Waals surface area contributed by atoms with Crippen LogP contribution in [0.4, 0.5) is 0 Å². The van der Waals surface area contributed by atoms with Crippen molar-refractivity contribution in [3.05, 3.63) is 90.5 Å². The summed E-state index contributed by atoms with van der Waals surface area (Å²) in [5.41, 5.74) is 6.35. The van der Waals surface area contributed by atoms with Gasteiger partial charge < -0.3 is 5.32 Å². The second-order valence-corrected chi connectivity index (χ2v) is 7.87. The highest BCUT2D eigenvalue weighted by Crippen LogP contribution is 2.18. The quantitative estimate of drug-likeness (QED) is 0.724. The molecule has 0 unspecified atom stereocenters. The maximum Gasteiger partial charge on any atom is 0.308 e. The second-order valence-electron chi connectivity index (χ2n) is 6.91. The van der Waals surface area contributed by atoms with Gasteiger partial charge in [0.15, 0.2) is 0 Å². The molecule has 2 aromatic carbocycles. The number of nitrogens with one attached hydrogen (secondary N) is 1. The molecule has 1 heterocycles. The van der Waals surface area contributed by atoms with Gasteiger partial charge >= 0.3 is 4.87 Å². The van der Waals surface area contributed by atoms with Crippen LogP contribution in [-0.2, 0) is 13.1 Å². The average molecular weight is 381 g/mol. The fourth-order valence-electron chi connectivity index (χ4n) is 3.21. The van der Waals surface area contributed by atoms with Gasteiger partial charge in [0, 0.05) is 12.2 Å². The lowest BCUT2D eigenvalue weighted by Gasteiger charge is -2.12. The predicted molar refractivity (Wildman–Crippen MR) is 111 cm³/mol. The molecule has 1 N–H and O–H groups in total. The molecule has 0 spiro atoms. The first kappa shape index (κ1) is 19.1. The van der Waals surface area contributed by atoms with Crippen molar-refractivity contribution in [3.63, 3.8) is 0 Å². The maximum atomic E-state index is 12.6. The molecular weight excluding hydrogens is 356 g/mol. The molecule has 4 nitrogen and oxygen atoms in total. The van der Waals surface area contributed by atoms with Crippen molar-refractivity contribution in [2.45, 2.75) is 40.8 Å². The van der Waals surface area contributed by atoms with E-state index in [2.05, 4.69) is 5.32 Å². The Kier molecular flexibility index (Phi) is 5.61. The first-order valence-corrected chi connectivity index (χ1v) is 9.77. The van der Waals surface area contributed by atoms with Crippen LogP contribution in [0.5, 0.6) is 0 Å². The number of carbonyl (C=O) groups is 1. The molecule has 3 rings (SSSR count). The van der Waals surface area contributed by atoms with Crippen LogP contribution in [0.25, 0.3) is 0 Å². The molecule has 5 heteroatoms. The molecule has 1 aromatic heterocycles. The molecule has 0 saturated heterocycles. The summed E-state index contributed by atoms with van der Waals surface area (Å²) in [6, 6.07) is 14.1. The second kappa shape index (κ2) is 7.92. The van der Waals surface area contributed by atoms with E-state index in [1.54, 1.807) is 4.57 Å². The number of nitrogens with zero attached hydrogens (tertiary/aromatic N) is 1. The number of carbonyl (C=O) groups excluding carboxylic acids is 1. The van der Waals surface area contributed by atoms with Gasteiger partial charge in [-0.3, -0.25) is 14.2 Å². The van der Waals surface area contributed by atoms with Crippen molar-refractivity contribution < 1.29 is 4.79 Å². The fraction of sp³-hybridized carbons (Fsp3) is 0.273. The van der Waals surface area contributed by atoms with Gasteiger partial charge in [-0.2, -0.15) is 0 Å². The van der Waals surface area contributed by atoms with Crippen molar-refractivity contribution in [2.75, 3.05) is 0 Å². The summed E-state index contributed by atoms with van der Waals surface area (Å²) in [7, 11) is 0. The van der Waals surface area contributed by atoms with E-state index >= 15 is 0 Å². The van der Waals surface area contributed by atoms with Crippen molar-refractivity contribution in [1.82, 2.24) is 9.88 Å². The van der Waals surface area contributed by atoms with E-state index in [0.29, 0.717) is 18.0 Å². The molecule has 0 atom stereocenters. The molecule has 1 amide bonds. The zero-order valence-corrected chi connectivity index (χ0v) is 16.9. The van der Waals surface area contributed by atoms with E-state index in [4.69, 9.17) is 0 Å². The van der Waals surface area contributed by atoms with Crippen LogP contribution in [0, 0.1) is 27.7 Å². The Hall–Kier alpha value is -2.66. The average Bonchev–Trinajstić information content (AvgIpc) is 2.91. The fourth-order valence-corrected chi connectivity index (χ4v) is 4.12. The van der Waals surface area contributed by atoms with E-state index in [1.807, 2.05) is 70.2 Å². The summed E-state index contributed by atoms with van der Waals surface area (Å²) in [5, 5.41) is 2.93. The number of benzene rings is 2. The topological polar surface area (TPSA) is 51.1 Å². The number of thiazole rings is 1. The third-order valence-corrected chi connectivity index (χ3v) is 5.93. The molecule has 0 radical (unpaired) electrons. The van der Waals surface area contributed by atoms with Gasteiger partial charge in [0.1, 0.15) is 4.88 Å². The molecule has 0 aliphatic carbocycles. The molecule has 140 valence electrons. The molecule has 0 aliphatic rings. The normalized spacial score (nSPS) is 10.8. The zero-order valence-electron chi connectivity index (χ0n) is 16.1.